The molecule has 1 N–H and O–H groups in total. The van der Waals surface area contributed by atoms with Gasteiger partial charge in [-0.15, -0.1) is 0 Å². The van der Waals surface area contributed by atoms with Gasteiger partial charge in [0.2, 0.25) is 0 Å². The number of sulfone groups is 1. The van der Waals surface area contributed by atoms with Gasteiger partial charge in [0.25, 0.3) is 0 Å². The number of benzene rings is 1. The first kappa shape index (κ1) is 14.9. The van der Waals surface area contributed by atoms with Gasteiger partial charge in [0.05, 0.1) is 11.5 Å². The van der Waals surface area contributed by atoms with Crippen molar-refractivity contribution >= 4 is 25.8 Å². The first-order valence-electron chi connectivity index (χ1n) is 6.14. The minimum Gasteiger partial charge on any atom is -0.304 e. The maximum atomic E-state index is 13.9. The van der Waals surface area contributed by atoms with Gasteiger partial charge in [-0.05, 0) is 32.4 Å². The van der Waals surface area contributed by atoms with Crippen molar-refractivity contribution in [1.82, 2.24) is 5.32 Å². The number of halogens is 2. The number of hydrogen-bond donors (Lipinski definition) is 1. The second-order valence-electron chi connectivity index (χ2n) is 5.43. The van der Waals surface area contributed by atoms with Crippen LogP contribution in [0.5, 0.6) is 0 Å². The third-order valence-electron chi connectivity index (χ3n) is 3.50. The predicted molar refractivity (Wildman–Crippen MR) is 77.3 cm³/mol. The van der Waals surface area contributed by atoms with Crippen LogP contribution >= 0.6 is 15.9 Å². The van der Waals surface area contributed by atoms with Gasteiger partial charge in [0.15, 0.2) is 9.84 Å². The summed E-state index contributed by atoms with van der Waals surface area (Å²) in [4.78, 5) is 0. The van der Waals surface area contributed by atoms with Crippen LogP contribution in [0.4, 0.5) is 4.39 Å². The molecule has 1 aromatic carbocycles. The summed E-state index contributed by atoms with van der Waals surface area (Å²) < 4.78 is 37.7. The highest BCUT2D eigenvalue weighted by Crippen LogP contribution is 2.28. The molecule has 0 aromatic heterocycles. The lowest BCUT2D eigenvalue weighted by Gasteiger charge is -2.29. The molecule has 0 aliphatic carbocycles. The molecule has 1 heterocycles. The Bertz CT molecular complexity index is 590. The average molecular weight is 350 g/mol. The molecular formula is C13H17BrFNO2S. The van der Waals surface area contributed by atoms with E-state index in [-0.39, 0.29) is 23.4 Å². The van der Waals surface area contributed by atoms with Crippen LogP contribution in [0.1, 0.15) is 31.9 Å². The number of rotatable bonds is 3. The van der Waals surface area contributed by atoms with Crippen LogP contribution < -0.4 is 5.32 Å². The minimum absolute atomic E-state index is 0.114. The molecule has 2 atom stereocenters. The van der Waals surface area contributed by atoms with E-state index in [1.807, 2.05) is 13.8 Å². The summed E-state index contributed by atoms with van der Waals surface area (Å²) in [5.74, 6) is 0.0213. The Morgan fingerprint density at radius 1 is 1.47 bits per heavy atom. The van der Waals surface area contributed by atoms with Gasteiger partial charge in [0.1, 0.15) is 5.82 Å². The second kappa shape index (κ2) is 5.14. The molecule has 2 unspecified atom stereocenters. The van der Waals surface area contributed by atoms with Gasteiger partial charge < -0.3 is 5.32 Å². The summed E-state index contributed by atoms with van der Waals surface area (Å²) >= 11 is 3.22. The molecule has 0 bridgehead atoms. The lowest BCUT2D eigenvalue weighted by molar-refractivity contribution is 0.350. The van der Waals surface area contributed by atoms with Crippen molar-refractivity contribution in [1.29, 1.82) is 0 Å². The minimum atomic E-state index is -2.96. The van der Waals surface area contributed by atoms with E-state index in [9.17, 15) is 12.8 Å². The summed E-state index contributed by atoms with van der Waals surface area (Å²) in [5, 5.41) is 3.25. The first-order valence-corrected chi connectivity index (χ1v) is 8.75. The fourth-order valence-corrected chi connectivity index (χ4v) is 5.01. The smallest absolute Gasteiger partial charge is 0.152 e. The van der Waals surface area contributed by atoms with E-state index in [2.05, 4.69) is 21.2 Å². The maximum absolute atomic E-state index is 13.9. The molecule has 0 saturated carbocycles. The summed E-state index contributed by atoms with van der Waals surface area (Å²) in [6.07, 6.45) is 0.567. The predicted octanol–water partition coefficient (Wildman–Crippen LogP) is 2.82. The van der Waals surface area contributed by atoms with Crippen LogP contribution in [0.15, 0.2) is 22.7 Å². The van der Waals surface area contributed by atoms with Crippen molar-refractivity contribution < 1.29 is 12.8 Å². The Balaban J connectivity index is 2.15. The molecule has 1 aliphatic heterocycles. The van der Waals surface area contributed by atoms with Gasteiger partial charge in [-0.25, -0.2) is 12.8 Å². The standard InChI is InChI=1S/C13H17BrFNO2S/c1-9(11-4-3-10(14)7-12(11)15)16-13(2)5-6-19(17,18)8-13/h3-4,7,9,16H,5-6,8H2,1-2H3. The largest absolute Gasteiger partial charge is 0.304 e. The first-order chi connectivity index (χ1) is 8.71. The molecule has 1 fully saturated rings. The van der Waals surface area contributed by atoms with Gasteiger partial charge in [-0.2, -0.15) is 0 Å². The van der Waals surface area contributed by atoms with Gasteiger partial charge in [-0.1, -0.05) is 22.0 Å². The van der Waals surface area contributed by atoms with Crippen LogP contribution in [0.25, 0.3) is 0 Å². The molecule has 1 aromatic rings. The molecule has 6 heteroatoms. The zero-order valence-electron chi connectivity index (χ0n) is 10.9. The highest BCUT2D eigenvalue weighted by molar-refractivity contribution is 9.10. The molecule has 3 nitrogen and oxygen atoms in total. The number of hydrogen-bond acceptors (Lipinski definition) is 3. The summed E-state index contributed by atoms with van der Waals surface area (Å²) in [7, 11) is -2.96. The summed E-state index contributed by atoms with van der Waals surface area (Å²) in [6.45, 7) is 3.73. The van der Waals surface area contributed by atoms with E-state index in [1.165, 1.54) is 6.07 Å². The number of nitrogens with one attached hydrogen (secondary N) is 1. The monoisotopic (exact) mass is 349 g/mol. The fourth-order valence-electron chi connectivity index (χ4n) is 2.58. The van der Waals surface area contributed by atoms with E-state index in [1.54, 1.807) is 12.1 Å². The second-order valence-corrected chi connectivity index (χ2v) is 8.53. The van der Waals surface area contributed by atoms with Crippen LogP contribution in [0.3, 0.4) is 0 Å². The Morgan fingerprint density at radius 3 is 2.68 bits per heavy atom. The molecule has 0 amide bonds. The van der Waals surface area contributed by atoms with Crippen molar-refractivity contribution in [3.05, 3.63) is 34.1 Å². The maximum Gasteiger partial charge on any atom is 0.152 e. The van der Waals surface area contributed by atoms with E-state index >= 15 is 0 Å². The molecule has 0 radical (unpaired) electrons. The average Bonchev–Trinajstić information content (AvgIpc) is 2.52. The Hall–Kier alpha value is -0.460. The van der Waals surface area contributed by atoms with Gasteiger partial charge in [0, 0.05) is 21.6 Å². The molecule has 1 aliphatic rings. The molecule has 106 valence electrons. The summed E-state index contributed by atoms with van der Waals surface area (Å²) in [6, 6.07) is 4.68. The zero-order chi connectivity index (χ0) is 14.3. The van der Waals surface area contributed by atoms with Crippen molar-refractivity contribution in [2.75, 3.05) is 11.5 Å². The van der Waals surface area contributed by atoms with Crippen molar-refractivity contribution in [2.24, 2.45) is 0 Å². The van der Waals surface area contributed by atoms with E-state index < -0.39 is 15.4 Å². The van der Waals surface area contributed by atoms with Crippen LogP contribution in [0, 0.1) is 5.82 Å². The lowest BCUT2D eigenvalue weighted by Crippen LogP contribution is -2.44. The van der Waals surface area contributed by atoms with Crippen LogP contribution in [-0.4, -0.2) is 25.5 Å². The Morgan fingerprint density at radius 2 is 2.16 bits per heavy atom. The van der Waals surface area contributed by atoms with Crippen molar-refractivity contribution in [3.8, 4) is 0 Å². The summed E-state index contributed by atoms with van der Waals surface area (Å²) in [5.41, 5.74) is 0.0753. The third-order valence-corrected chi connectivity index (χ3v) is 5.89. The van der Waals surface area contributed by atoms with Gasteiger partial charge >= 0.3 is 0 Å². The molecule has 19 heavy (non-hydrogen) atoms. The molecule has 2 rings (SSSR count). The Kier molecular flexibility index (Phi) is 4.05. The molecule has 1 saturated heterocycles. The van der Waals surface area contributed by atoms with Crippen molar-refractivity contribution in [3.63, 3.8) is 0 Å². The SMILES string of the molecule is CC(NC1(C)CCS(=O)(=O)C1)c1ccc(Br)cc1F. The highest BCUT2D eigenvalue weighted by atomic mass is 79.9. The van der Waals surface area contributed by atoms with Crippen LogP contribution in [0.2, 0.25) is 0 Å². The lowest BCUT2D eigenvalue weighted by atomic mass is 9.98. The fraction of sp³-hybridized carbons (Fsp3) is 0.538. The third kappa shape index (κ3) is 3.55. The molecular weight excluding hydrogens is 333 g/mol. The topological polar surface area (TPSA) is 46.2 Å². The Labute approximate surface area is 121 Å². The van der Waals surface area contributed by atoms with E-state index in [0.717, 1.165) is 0 Å². The van der Waals surface area contributed by atoms with E-state index in [0.29, 0.717) is 16.5 Å². The van der Waals surface area contributed by atoms with E-state index in [4.69, 9.17) is 0 Å². The van der Waals surface area contributed by atoms with Crippen molar-refractivity contribution in [2.45, 2.75) is 31.8 Å². The highest BCUT2D eigenvalue weighted by Gasteiger charge is 2.39. The normalized spacial score (nSPS) is 27.4. The quantitative estimate of drug-likeness (QED) is 0.912. The van der Waals surface area contributed by atoms with Gasteiger partial charge in [-0.3, -0.25) is 0 Å². The zero-order valence-corrected chi connectivity index (χ0v) is 13.3. The molecule has 0 spiro atoms. The van der Waals surface area contributed by atoms with Crippen LogP contribution in [-0.2, 0) is 9.84 Å².